The summed E-state index contributed by atoms with van der Waals surface area (Å²) in [4.78, 5) is 38.6. The Morgan fingerprint density at radius 3 is 2.35 bits per heavy atom. The summed E-state index contributed by atoms with van der Waals surface area (Å²) in [5, 5.41) is 5.56. The fourth-order valence-electron chi connectivity index (χ4n) is 2.81. The molecule has 0 spiro atoms. The number of rotatable bonds is 5. The van der Waals surface area contributed by atoms with Crippen molar-refractivity contribution >= 4 is 23.4 Å². The molecule has 2 N–H and O–H groups in total. The van der Waals surface area contributed by atoms with Gasteiger partial charge in [-0.25, -0.2) is 0 Å². The summed E-state index contributed by atoms with van der Waals surface area (Å²) in [5.41, 5.74) is 0.556. The van der Waals surface area contributed by atoms with E-state index in [4.69, 9.17) is 0 Å². The number of amides is 3. The van der Waals surface area contributed by atoms with Crippen LogP contribution in [-0.4, -0.2) is 42.3 Å². The number of hydrogen-bond donors (Lipinski definition) is 2. The lowest BCUT2D eigenvalue weighted by Crippen LogP contribution is -2.37. The van der Waals surface area contributed by atoms with Crippen LogP contribution in [0.1, 0.15) is 56.8 Å². The van der Waals surface area contributed by atoms with Crippen molar-refractivity contribution in [1.29, 1.82) is 0 Å². The van der Waals surface area contributed by atoms with E-state index in [2.05, 4.69) is 10.6 Å². The van der Waals surface area contributed by atoms with Crippen molar-refractivity contribution < 1.29 is 14.4 Å². The molecule has 142 valence electrons. The second kappa shape index (κ2) is 8.83. The summed E-state index contributed by atoms with van der Waals surface area (Å²) >= 11 is 0. The van der Waals surface area contributed by atoms with Gasteiger partial charge in [-0.05, 0) is 31.4 Å². The van der Waals surface area contributed by atoms with E-state index < -0.39 is 5.41 Å². The van der Waals surface area contributed by atoms with Crippen molar-refractivity contribution in [2.75, 3.05) is 25.0 Å². The van der Waals surface area contributed by atoms with E-state index in [0.717, 1.165) is 32.4 Å². The minimum Gasteiger partial charge on any atom is -0.355 e. The minimum atomic E-state index is -0.482. The lowest BCUT2D eigenvalue weighted by molar-refractivity contribution is -0.128. The van der Waals surface area contributed by atoms with Crippen LogP contribution in [0.3, 0.4) is 0 Å². The first kappa shape index (κ1) is 19.9. The number of likely N-dealkylation sites (tertiary alicyclic amines) is 1. The highest BCUT2D eigenvalue weighted by molar-refractivity contribution is 6.03. The van der Waals surface area contributed by atoms with Crippen molar-refractivity contribution in [1.82, 2.24) is 10.2 Å². The Bertz CT molecular complexity index is 659. The van der Waals surface area contributed by atoms with E-state index >= 15 is 0 Å². The topological polar surface area (TPSA) is 78.5 Å². The molecule has 0 atom stereocenters. The monoisotopic (exact) mass is 359 g/mol. The molecule has 1 aromatic carbocycles. The zero-order valence-electron chi connectivity index (χ0n) is 15.9. The fourth-order valence-corrected chi connectivity index (χ4v) is 2.81. The lowest BCUT2D eigenvalue weighted by atomic mass is 9.96. The Kier molecular flexibility index (Phi) is 6.77. The van der Waals surface area contributed by atoms with Crippen LogP contribution < -0.4 is 10.6 Å². The Hall–Kier alpha value is -2.37. The van der Waals surface area contributed by atoms with Gasteiger partial charge in [-0.15, -0.1) is 0 Å². The van der Waals surface area contributed by atoms with Crippen molar-refractivity contribution in [3.63, 3.8) is 0 Å². The van der Waals surface area contributed by atoms with Crippen LogP contribution in [0.25, 0.3) is 0 Å². The number of carbonyl (C=O) groups excluding carboxylic acids is 3. The van der Waals surface area contributed by atoms with Crippen LogP contribution in [0.4, 0.5) is 5.69 Å². The maximum Gasteiger partial charge on any atom is 0.255 e. The van der Waals surface area contributed by atoms with Crippen molar-refractivity contribution in [3.8, 4) is 0 Å². The fraction of sp³-hybridized carbons (Fsp3) is 0.550. The number of nitrogens with zero attached hydrogens (tertiary/aromatic N) is 1. The molecule has 0 aromatic heterocycles. The van der Waals surface area contributed by atoms with E-state index in [0.29, 0.717) is 11.3 Å². The van der Waals surface area contributed by atoms with Gasteiger partial charge in [0.1, 0.15) is 0 Å². The average Bonchev–Trinajstić information content (AvgIpc) is 2.61. The third kappa shape index (κ3) is 5.58. The molecule has 1 aromatic rings. The molecule has 2 rings (SSSR count). The summed E-state index contributed by atoms with van der Waals surface area (Å²) < 4.78 is 0. The molecule has 1 aliphatic heterocycles. The lowest BCUT2D eigenvalue weighted by Gasteiger charge is -2.27. The summed E-state index contributed by atoms with van der Waals surface area (Å²) in [5.74, 6) is -0.356. The molecule has 0 aliphatic carbocycles. The van der Waals surface area contributed by atoms with Gasteiger partial charge in [-0.1, -0.05) is 32.9 Å². The van der Waals surface area contributed by atoms with E-state index in [9.17, 15) is 14.4 Å². The van der Waals surface area contributed by atoms with Gasteiger partial charge in [-0.3, -0.25) is 14.4 Å². The van der Waals surface area contributed by atoms with Gasteiger partial charge in [0.15, 0.2) is 0 Å². The molecular formula is C20H29N3O3. The summed E-state index contributed by atoms with van der Waals surface area (Å²) in [6.45, 7) is 7.27. The van der Waals surface area contributed by atoms with Gasteiger partial charge >= 0.3 is 0 Å². The minimum absolute atomic E-state index is 0.0402. The van der Waals surface area contributed by atoms with Gasteiger partial charge in [0.2, 0.25) is 11.8 Å². The number of benzene rings is 1. The standard InChI is InChI=1S/C20H29N3O3/c1-20(2,3)19(26)21-12-11-17(24)22-16-10-6-5-9-15(16)18(25)23-13-7-4-8-14-23/h5-6,9-10H,4,7-8,11-14H2,1-3H3,(H,21,26)(H,22,24). The van der Waals surface area contributed by atoms with E-state index in [1.165, 1.54) is 0 Å². The molecular weight excluding hydrogens is 330 g/mol. The highest BCUT2D eigenvalue weighted by Crippen LogP contribution is 2.20. The van der Waals surface area contributed by atoms with Gasteiger partial charge in [0.25, 0.3) is 5.91 Å². The van der Waals surface area contributed by atoms with Crippen LogP contribution >= 0.6 is 0 Å². The molecule has 1 aliphatic rings. The zero-order chi connectivity index (χ0) is 19.2. The molecule has 1 fully saturated rings. The molecule has 6 nitrogen and oxygen atoms in total. The van der Waals surface area contributed by atoms with Crippen molar-refractivity contribution in [2.45, 2.75) is 46.5 Å². The van der Waals surface area contributed by atoms with E-state index in [1.54, 1.807) is 24.3 Å². The zero-order valence-corrected chi connectivity index (χ0v) is 15.9. The smallest absolute Gasteiger partial charge is 0.255 e. The normalized spacial score (nSPS) is 14.7. The van der Waals surface area contributed by atoms with Crippen molar-refractivity contribution in [3.05, 3.63) is 29.8 Å². The van der Waals surface area contributed by atoms with Crippen LogP contribution in [0.2, 0.25) is 0 Å². The van der Waals surface area contributed by atoms with Gasteiger partial charge in [-0.2, -0.15) is 0 Å². The predicted octanol–water partition coefficient (Wildman–Crippen LogP) is 2.80. The molecule has 0 radical (unpaired) electrons. The first-order chi connectivity index (χ1) is 12.3. The molecule has 0 saturated carbocycles. The van der Waals surface area contributed by atoms with Crippen LogP contribution in [0.5, 0.6) is 0 Å². The molecule has 0 bridgehead atoms. The maximum atomic E-state index is 12.7. The molecule has 26 heavy (non-hydrogen) atoms. The first-order valence-corrected chi connectivity index (χ1v) is 9.25. The number of carbonyl (C=O) groups is 3. The number of piperidine rings is 1. The molecule has 3 amide bonds. The average molecular weight is 359 g/mol. The number of anilines is 1. The number of hydrogen-bond acceptors (Lipinski definition) is 3. The van der Waals surface area contributed by atoms with Gasteiger partial charge < -0.3 is 15.5 Å². The van der Waals surface area contributed by atoms with Gasteiger partial charge in [0, 0.05) is 31.5 Å². The SMILES string of the molecule is CC(C)(C)C(=O)NCCC(=O)Nc1ccccc1C(=O)N1CCCCC1. The second-order valence-electron chi connectivity index (χ2n) is 7.70. The molecule has 0 unspecified atom stereocenters. The highest BCUT2D eigenvalue weighted by Gasteiger charge is 2.22. The Labute approximate surface area is 155 Å². The van der Waals surface area contributed by atoms with Crippen LogP contribution in [0, 0.1) is 5.41 Å². The highest BCUT2D eigenvalue weighted by atomic mass is 16.2. The third-order valence-corrected chi connectivity index (χ3v) is 4.39. The Morgan fingerprint density at radius 1 is 1.04 bits per heavy atom. The third-order valence-electron chi connectivity index (χ3n) is 4.39. The maximum absolute atomic E-state index is 12.7. The van der Waals surface area contributed by atoms with Crippen LogP contribution in [0.15, 0.2) is 24.3 Å². The first-order valence-electron chi connectivity index (χ1n) is 9.25. The molecule has 6 heteroatoms. The second-order valence-corrected chi connectivity index (χ2v) is 7.70. The quantitative estimate of drug-likeness (QED) is 0.848. The summed E-state index contributed by atoms with van der Waals surface area (Å²) in [6, 6.07) is 7.08. The van der Waals surface area contributed by atoms with Crippen molar-refractivity contribution in [2.24, 2.45) is 5.41 Å². The summed E-state index contributed by atoms with van der Waals surface area (Å²) in [7, 11) is 0. The molecule has 1 saturated heterocycles. The largest absolute Gasteiger partial charge is 0.355 e. The van der Waals surface area contributed by atoms with Crippen LogP contribution in [-0.2, 0) is 9.59 Å². The van der Waals surface area contributed by atoms with E-state index in [1.807, 2.05) is 25.7 Å². The summed E-state index contributed by atoms with van der Waals surface area (Å²) in [6.07, 6.45) is 3.36. The Balaban J connectivity index is 1.93. The number of nitrogens with one attached hydrogen (secondary N) is 2. The number of para-hydroxylation sites is 1. The Morgan fingerprint density at radius 2 is 1.69 bits per heavy atom. The molecule has 1 heterocycles. The predicted molar refractivity (Wildman–Crippen MR) is 102 cm³/mol. The van der Waals surface area contributed by atoms with Gasteiger partial charge in [0.05, 0.1) is 11.3 Å². The van der Waals surface area contributed by atoms with E-state index in [-0.39, 0.29) is 30.7 Å².